The number of anilines is 1. The predicted molar refractivity (Wildman–Crippen MR) is 114 cm³/mol. The monoisotopic (exact) mass is 390 g/mol. The molecule has 6 nitrogen and oxygen atoms in total. The zero-order chi connectivity index (χ0) is 20.2. The number of hydrogen-bond donors (Lipinski definition) is 0. The fraction of sp³-hybridized carbons (Fsp3) is 0.304. The van der Waals surface area contributed by atoms with Gasteiger partial charge < -0.3 is 14.5 Å². The molecule has 0 saturated carbocycles. The Morgan fingerprint density at radius 3 is 2.34 bits per heavy atom. The Kier molecular flexibility index (Phi) is 5.51. The zero-order valence-electron chi connectivity index (χ0n) is 16.9. The van der Waals surface area contributed by atoms with E-state index in [2.05, 4.69) is 45.6 Å². The lowest BCUT2D eigenvalue weighted by Crippen LogP contribution is -2.49. The van der Waals surface area contributed by atoms with Gasteiger partial charge in [0.2, 0.25) is 11.9 Å². The summed E-state index contributed by atoms with van der Waals surface area (Å²) in [5, 5.41) is 0. The summed E-state index contributed by atoms with van der Waals surface area (Å²) < 4.78 is 7.28. The third kappa shape index (κ3) is 4.26. The van der Waals surface area contributed by atoms with Crippen LogP contribution in [0.5, 0.6) is 5.75 Å². The molecule has 29 heavy (non-hydrogen) atoms. The summed E-state index contributed by atoms with van der Waals surface area (Å²) >= 11 is 0. The lowest BCUT2D eigenvalue weighted by Gasteiger charge is -2.35. The standard InChI is InChI=1S/C23H26N4O2/c1-18-3-7-20(8-4-18)27-12-11-24-23(27)26-15-13-25(14-16-26)22(28)17-19-5-9-21(29-2)10-6-19/h3-12H,13-17H2,1-2H3. The first-order chi connectivity index (χ1) is 14.1. The van der Waals surface area contributed by atoms with E-state index in [0.29, 0.717) is 19.5 Å². The molecule has 1 fully saturated rings. The number of aryl methyl sites for hydroxylation is 1. The minimum absolute atomic E-state index is 0.164. The average molecular weight is 390 g/mol. The number of nitrogens with zero attached hydrogens (tertiary/aromatic N) is 4. The van der Waals surface area contributed by atoms with Crippen LogP contribution >= 0.6 is 0 Å². The van der Waals surface area contributed by atoms with Crippen molar-refractivity contribution >= 4 is 11.9 Å². The second kappa shape index (κ2) is 8.39. The van der Waals surface area contributed by atoms with E-state index in [4.69, 9.17) is 4.74 Å². The molecule has 150 valence electrons. The van der Waals surface area contributed by atoms with Gasteiger partial charge >= 0.3 is 0 Å². The van der Waals surface area contributed by atoms with Crippen molar-refractivity contribution in [3.8, 4) is 11.4 Å². The first-order valence-electron chi connectivity index (χ1n) is 9.90. The third-order valence-electron chi connectivity index (χ3n) is 5.36. The van der Waals surface area contributed by atoms with Crippen molar-refractivity contribution in [1.82, 2.24) is 14.5 Å². The van der Waals surface area contributed by atoms with Crippen molar-refractivity contribution in [3.05, 3.63) is 72.1 Å². The number of imidazole rings is 1. The number of ether oxygens (including phenoxy) is 1. The van der Waals surface area contributed by atoms with Crippen LogP contribution < -0.4 is 9.64 Å². The number of rotatable bonds is 5. The quantitative estimate of drug-likeness (QED) is 0.672. The molecule has 6 heteroatoms. The maximum Gasteiger partial charge on any atom is 0.227 e. The van der Waals surface area contributed by atoms with E-state index in [0.717, 1.165) is 36.0 Å². The van der Waals surface area contributed by atoms with E-state index in [1.807, 2.05) is 41.6 Å². The maximum atomic E-state index is 12.7. The second-order valence-electron chi connectivity index (χ2n) is 7.33. The summed E-state index contributed by atoms with van der Waals surface area (Å²) in [5.74, 6) is 1.90. The van der Waals surface area contributed by atoms with Gasteiger partial charge in [-0.1, -0.05) is 29.8 Å². The molecule has 1 aromatic heterocycles. The topological polar surface area (TPSA) is 50.6 Å². The van der Waals surface area contributed by atoms with E-state index in [9.17, 15) is 4.79 Å². The highest BCUT2D eigenvalue weighted by Crippen LogP contribution is 2.20. The average Bonchev–Trinajstić information content (AvgIpc) is 3.25. The summed E-state index contributed by atoms with van der Waals surface area (Å²) in [6.07, 6.45) is 4.24. The Balaban J connectivity index is 1.38. The molecule has 0 bridgehead atoms. The van der Waals surface area contributed by atoms with Crippen LogP contribution in [-0.2, 0) is 11.2 Å². The van der Waals surface area contributed by atoms with Crippen molar-refractivity contribution in [1.29, 1.82) is 0 Å². The Bertz CT molecular complexity index is 955. The van der Waals surface area contributed by atoms with Crippen LogP contribution in [0.2, 0.25) is 0 Å². The Labute approximate surface area is 171 Å². The number of aromatic nitrogens is 2. The highest BCUT2D eigenvalue weighted by atomic mass is 16.5. The van der Waals surface area contributed by atoms with Crippen LogP contribution in [0.4, 0.5) is 5.95 Å². The van der Waals surface area contributed by atoms with E-state index in [1.165, 1.54) is 5.56 Å². The number of hydrogen-bond acceptors (Lipinski definition) is 4. The molecule has 0 N–H and O–H groups in total. The lowest BCUT2D eigenvalue weighted by molar-refractivity contribution is -0.130. The largest absolute Gasteiger partial charge is 0.497 e. The fourth-order valence-electron chi connectivity index (χ4n) is 3.62. The van der Waals surface area contributed by atoms with E-state index < -0.39 is 0 Å². The lowest BCUT2D eigenvalue weighted by atomic mass is 10.1. The first-order valence-corrected chi connectivity index (χ1v) is 9.90. The van der Waals surface area contributed by atoms with Crippen LogP contribution in [0.3, 0.4) is 0 Å². The van der Waals surface area contributed by atoms with Crippen molar-refractivity contribution in [2.75, 3.05) is 38.2 Å². The van der Waals surface area contributed by atoms with Crippen molar-refractivity contribution in [2.24, 2.45) is 0 Å². The molecule has 0 radical (unpaired) electrons. The van der Waals surface area contributed by atoms with Crippen molar-refractivity contribution in [3.63, 3.8) is 0 Å². The zero-order valence-corrected chi connectivity index (χ0v) is 16.9. The minimum Gasteiger partial charge on any atom is -0.497 e. The van der Waals surface area contributed by atoms with Crippen LogP contribution in [0.25, 0.3) is 5.69 Å². The third-order valence-corrected chi connectivity index (χ3v) is 5.36. The summed E-state index contributed by atoms with van der Waals surface area (Å²) in [6, 6.07) is 16.1. The van der Waals surface area contributed by atoms with Gasteiger partial charge in [-0.05, 0) is 36.8 Å². The number of benzene rings is 2. The van der Waals surface area contributed by atoms with Gasteiger partial charge in [0.05, 0.1) is 13.5 Å². The van der Waals surface area contributed by atoms with Crippen molar-refractivity contribution in [2.45, 2.75) is 13.3 Å². The molecule has 1 aliphatic heterocycles. The van der Waals surface area contributed by atoms with Gasteiger partial charge in [-0.15, -0.1) is 0 Å². The molecule has 3 aromatic rings. The van der Waals surface area contributed by atoms with Gasteiger partial charge in [-0.2, -0.15) is 0 Å². The molecule has 0 aliphatic carbocycles. The van der Waals surface area contributed by atoms with Crippen LogP contribution in [-0.4, -0.2) is 53.6 Å². The molecule has 2 aromatic carbocycles. The van der Waals surface area contributed by atoms with Crippen LogP contribution in [0.1, 0.15) is 11.1 Å². The van der Waals surface area contributed by atoms with Crippen LogP contribution in [0, 0.1) is 6.92 Å². The van der Waals surface area contributed by atoms with Crippen LogP contribution in [0.15, 0.2) is 60.9 Å². The van der Waals surface area contributed by atoms with Gasteiger partial charge in [-0.3, -0.25) is 9.36 Å². The highest BCUT2D eigenvalue weighted by molar-refractivity contribution is 5.79. The molecular weight excluding hydrogens is 364 g/mol. The number of carbonyl (C=O) groups is 1. The minimum atomic E-state index is 0.164. The first kappa shape index (κ1) is 19.1. The van der Waals surface area contributed by atoms with E-state index in [1.54, 1.807) is 7.11 Å². The van der Waals surface area contributed by atoms with Gasteiger partial charge in [0.25, 0.3) is 0 Å². The molecule has 0 spiro atoms. The highest BCUT2D eigenvalue weighted by Gasteiger charge is 2.23. The Morgan fingerprint density at radius 2 is 1.69 bits per heavy atom. The number of piperazine rings is 1. The molecule has 4 rings (SSSR count). The molecule has 1 aliphatic rings. The van der Waals surface area contributed by atoms with Gasteiger partial charge in [-0.25, -0.2) is 4.98 Å². The summed E-state index contributed by atoms with van der Waals surface area (Å²) in [4.78, 5) is 21.4. The van der Waals surface area contributed by atoms with Crippen molar-refractivity contribution < 1.29 is 9.53 Å². The number of carbonyl (C=O) groups excluding carboxylic acids is 1. The predicted octanol–water partition coefficient (Wildman–Crippen LogP) is 3.08. The Morgan fingerprint density at radius 1 is 1.00 bits per heavy atom. The maximum absolute atomic E-state index is 12.7. The number of amides is 1. The van der Waals surface area contributed by atoms with E-state index in [-0.39, 0.29) is 5.91 Å². The van der Waals surface area contributed by atoms with Gasteiger partial charge in [0.1, 0.15) is 5.75 Å². The Hall–Kier alpha value is -3.28. The normalized spacial score (nSPS) is 14.1. The van der Waals surface area contributed by atoms with Gasteiger partial charge in [0.15, 0.2) is 0 Å². The second-order valence-corrected chi connectivity index (χ2v) is 7.33. The summed E-state index contributed by atoms with van der Waals surface area (Å²) in [6.45, 7) is 5.04. The van der Waals surface area contributed by atoms with Gasteiger partial charge in [0, 0.05) is 44.3 Å². The SMILES string of the molecule is COc1ccc(CC(=O)N2CCN(c3nccn3-c3ccc(C)cc3)CC2)cc1. The molecule has 0 atom stereocenters. The molecular formula is C23H26N4O2. The summed E-state index contributed by atoms with van der Waals surface area (Å²) in [5.41, 5.74) is 3.34. The van der Waals surface area contributed by atoms with E-state index >= 15 is 0 Å². The summed E-state index contributed by atoms with van der Waals surface area (Å²) in [7, 11) is 1.64. The molecule has 0 unspecified atom stereocenters. The number of methoxy groups -OCH3 is 1. The smallest absolute Gasteiger partial charge is 0.227 e. The molecule has 2 heterocycles. The molecule has 1 saturated heterocycles. The molecule has 1 amide bonds. The fourth-order valence-corrected chi connectivity index (χ4v) is 3.62.